The molecule has 1 aliphatic rings. The molecule has 164 valence electrons. The fraction of sp³-hybridized carbons (Fsp3) is 0.304. The molecule has 0 spiro atoms. The van der Waals surface area contributed by atoms with E-state index < -0.39 is 0 Å². The Bertz CT molecular complexity index is 1280. The van der Waals surface area contributed by atoms with Crippen molar-refractivity contribution in [3.63, 3.8) is 0 Å². The molecule has 1 atom stereocenters. The number of aryl methyl sites for hydroxylation is 1. The highest BCUT2D eigenvalue weighted by Crippen LogP contribution is 2.37. The van der Waals surface area contributed by atoms with Crippen LogP contribution in [0.4, 0.5) is 9.52 Å². The molecular formula is C23H23FN6S2. The van der Waals surface area contributed by atoms with Gasteiger partial charge in [0.15, 0.2) is 11.0 Å². The molecular weight excluding hydrogens is 443 g/mol. The van der Waals surface area contributed by atoms with Crippen LogP contribution in [0.25, 0.3) is 10.2 Å². The number of hydrogen-bond acceptors (Lipinski definition) is 7. The van der Waals surface area contributed by atoms with Crippen LogP contribution in [-0.4, -0.2) is 32.1 Å². The van der Waals surface area contributed by atoms with Crippen LogP contribution in [0.15, 0.2) is 57.6 Å². The van der Waals surface area contributed by atoms with E-state index in [4.69, 9.17) is 10.1 Å². The molecule has 9 heteroatoms. The average molecular weight is 467 g/mol. The average Bonchev–Trinajstić information content (AvgIpc) is 3.42. The van der Waals surface area contributed by atoms with Gasteiger partial charge in [-0.25, -0.2) is 9.37 Å². The van der Waals surface area contributed by atoms with Crippen LogP contribution >= 0.6 is 23.1 Å². The van der Waals surface area contributed by atoms with Gasteiger partial charge in [0.2, 0.25) is 5.16 Å². The quantitative estimate of drug-likeness (QED) is 0.371. The summed E-state index contributed by atoms with van der Waals surface area (Å²) in [5.74, 6) is 1.19. The third-order valence-electron chi connectivity index (χ3n) is 5.54. The smallest absolute Gasteiger partial charge is 0.216 e. The number of nitrogens with zero attached hydrogens (tertiary/aromatic N) is 5. The predicted octanol–water partition coefficient (Wildman–Crippen LogP) is 5.83. The maximum atomic E-state index is 13.3. The van der Waals surface area contributed by atoms with Crippen molar-refractivity contribution in [1.29, 1.82) is 0 Å². The zero-order valence-electron chi connectivity index (χ0n) is 17.9. The maximum Gasteiger partial charge on any atom is 0.216 e. The number of thiazole rings is 1. The lowest BCUT2D eigenvalue weighted by Crippen LogP contribution is -2.15. The summed E-state index contributed by atoms with van der Waals surface area (Å²) in [6, 6.07) is 12.6. The highest BCUT2D eigenvalue weighted by atomic mass is 32.2. The first-order valence-electron chi connectivity index (χ1n) is 10.7. The van der Waals surface area contributed by atoms with Gasteiger partial charge in [0.25, 0.3) is 0 Å². The number of hydrogen-bond donors (Lipinski definition) is 1. The van der Waals surface area contributed by atoms with E-state index in [1.807, 2.05) is 6.07 Å². The van der Waals surface area contributed by atoms with E-state index in [-0.39, 0.29) is 5.82 Å². The van der Waals surface area contributed by atoms with Crippen LogP contribution in [0.2, 0.25) is 0 Å². The highest BCUT2D eigenvalue weighted by Gasteiger charge is 2.21. The third kappa shape index (κ3) is 4.27. The van der Waals surface area contributed by atoms with Crippen LogP contribution < -0.4 is 5.32 Å². The van der Waals surface area contributed by atoms with Gasteiger partial charge in [-0.05, 0) is 53.9 Å². The van der Waals surface area contributed by atoms with Crippen LogP contribution in [0.3, 0.4) is 0 Å². The second kappa shape index (κ2) is 8.99. The van der Waals surface area contributed by atoms with E-state index in [0.29, 0.717) is 11.1 Å². The Hall–Kier alpha value is -2.78. The number of para-hydroxylation sites is 1. The number of nitrogens with one attached hydrogen (secondary N) is 1. The topological polar surface area (TPSA) is 68.0 Å². The highest BCUT2D eigenvalue weighted by molar-refractivity contribution is 7.99. The van der Waals surface area contributed by atoms with Gasteiger partial charge in [-0.15, -0.1) is 10.2 Å². The zero-order chi connectivity index (χ0) is 22.1. The Balaban J connectivity index is 1.43. The molecule has 0 saturated carbocycles. The van der Waals surface area contributed by atoms with E-state index in [1.54, 1.807) is 28.1 Å². The van der Waals surface area contributed by atoms with Crippen molar-refractivity contribution in [1.82, 2.24) is 19.9 Å². The summed E-state index contributed by atoms with van der Waals surface area (Å²) < 4.78 is 16.2. The Labute approximate surface area is 194 Å². The molecule has 4 aromatic rings. The van der Waals surface area contributed by atoms with E-state index in [1.165, 1.54) is 23.9 Å². The van der Waals surface area contributed by atoms with Crippen LogP contribution in [0, 0.1) is 11.7 Å². The molecule has 1 N–H and O–H groups in total. The minimum atomic E-state index is -0.249. The largest absolute Gasteiger partial charge is 0.361 e. The SMILES string of the molecule is CCC(C)CNc1nc2c(Sc3nnc4n3N=C(c3ccc(F)cc3)CC4)cccc2s1. The summed E-state index contributed by atoms with van der Waals surface area (Å²) in [6.07, 6.45) is 2.63. The Morgan fingerprint density at radius 2 is 2.00 bits per heavy atom. The van der Waals surface area contributed by atoms with Crippen LogP contribution in [0.5, 0.6) is 0 Å². The van der Waals surface area contributed by atoms with Crippen LogP contribution in [0.1, 0.15) is 38.1 Å². The van der Waals surface area contributed by atoms with Gasteiger partial charge in [0, 0.05) is 17.9 Å². The van der Waals surface area contributed by atoms with Crippen molar-refractivity contribution in [2.24, 2.45) is 11.0 Å². The molecule has 0 radical (unpaired) electrons. The molecule has 0 amide bonds. The predicted molar refractivity (Wildman–Crippen MR) is 128 cm³/mol. The van der Waals surface area contributed by atoms with Gasteiger partial charge in [0.1, 0.15) is 5.82 Å². The van der Waals surface area contributed by atoms with Crippen molar-refractivity contribution in [3.8, 4) is 0 Å². The second-order valence-electron chi connectivity index (χ2n) is 7.88. The number of anilines is 1. The van der Waals surface area contributed by atoms with E-state index in [9.17, 15) is 4.39 Å². The molecule has 5 rings (SSSR count). The van der Waals surface area contributed by atoms with Crippen molar-refractivity contribution in [3.05, 3.63) is 59.7 Å². The summed E-state index contributed by atoms with van der Waals surface area (Å²) in [4.78, 5) is 5.86. The molecule has 0 bridgehead atoms. The molecule has 2 aromatic heterocycles. The first-order valence-corrected chi connectivity index (χ1v) is 12.3. The van der Waals surface area contributed by atoms with Gasteiger partial charge in [0.05, 0.1) is 15.9 Å². The standard InChI is InChI=1S/C23H23FN6S2/c1-3-14(2)13-25-22-26-21-18(31-22)5-4-6-19(21)32-23-28-27-20-12-11-17(29-30(20)23)15-7-9-16(24)10-8-15/h4-10,14H,3,11-13H2,1-2H3,(H,25,26). The van der Waals surface area contributed by atoms with E-state index in [2.05, 4.69) is 41.5 Å². The van der Waals surface area contributed by atoms with Gasteiger partial charge in [-0.1, -0.05) is 49.8 Å². The Morgan fingerprint density at radius 1 is 1.16 bits per heavy atom. The minimum Gasteiger partial charge on any atom is -0.361 e. The van der Waals surface area contributed by atoms with Crippen LogP contribution in [-0.2, 0) is 6.42 Å². The lowest BCUT2D eigenvalue weighted by atomic mass is 10.0. The monoisotopic (exact) mass is 466 g/mol. The minimum absolute atomic E-state index is 0.249. The number of halogens is 1. The summed E-state index contributed by atoms with van der Waals surface area (Å²) in [5, 5.41) is 18.6. The molecule has 32 heavy (non-hydrogen) atoms. The molecule has 1 unspecified atom stereocenters. The number of aromatic nitrogens is 4. The lowest BCUT2D eigenvalue weighted by molar-refractivity contribution is 0.593. The van der Waals surface area contributed by atoms with Gasteiger partial charge in [-0.3, -0.25) is 0 Å². The number of fused-ring (bicyclic) bond motifs is 2. The summed E-state index contributed by atoms with van der Waals surface area (Å²) in [5.41, 5.74) is 2.79. The molecule has 6 nitrogen and oxygen atoms in total. The zero-order valence-corrected chi connectivity index (χ0v) is 19.5. The molecule has 1 aliphatic heterocycles. The van der Waals surface area contributed by atoms with Gasteiger partial charge in [-0.2, -0.15) is 9.78 Å². The first kappa shape index (κ1) is 21.1. The fourth-order valence-corrected chi connectivity index (χ4v) is 5.32. The van der Waals surface area contributed by atoms with Crippen molar-refractivity contribution < 1.29 is 4.39 Å². The normalized spacial score (nSPS) is 14.3. The molecule has 3 heterocycles. The summed E-state index contributed by atoms with van der Waals surface area (Å²) in [7, 11) is 0. The molecule has 0 saturated heterocycles. The van der Waals surface area contributed by atoms with Gasteiger partial charge >= 0.3 is 0 Å². The number of benzene rings is 2. The lowest BCUT2D eigenvalue weighted by Gasteiger charge is -2.14. The second-order valence-corrected chi connectivity index (χ2v) is 9.92. The molecule has 0 fully saturated rings. The fourth-order valence-electron chi connectivity index (χ4n) is 3.45. The van der Waals surface area contributed by atoms with Crippen molar-refractivity contribution in [2.45, 2.75) is 43.2 Å². The summed E-state index contributed by atoms with van der Waals surface area (Å²) in [6.45, 7) is 5.34. The molecule has 0 aliphatic carbocycles. The first-order chi connectivity index (χ1) is 15.6. The summed E-state index contributed by atoms with van der Waals surface area (Å²) >= 11 is 3.19. The van der Waals surface area contributed by atoms with Crippen molar-refractivity contribution in [2.75, 3.05) is 11.9 Å². The van der Waals surface area contributed by atoms with E-state index >= 15 is 0 Å². The third-order valence-corrected chi connectivity index (χ3v) is 7.51. The van der Waals surface area contributed by atoms with Gasteiger partial charge < -0.3 is 5.32 Å². The van der Waals surface area contributed by atoms with Crippen molar-refractivity contribution >= 4 is 44.2 Å². The Morgan fingerprint density at radius 3 is 2.81 bits per heavy atom. The molecule has 2 aromatic carbocycles. The number of rotatable bonds is 7. The Kier molecular flexibility index (Phi) is 5.93. The maximum absolute atomic E-state index is 13.3. The van der Waals surface area contributed by atoms with E-state index in [0.717, 1.165) is 63.2 Å².